The summed E-state index contributed by atoms with van der Waals surface area (Å²) in [6, 6.07) is 13.3. The fourth-order valence-corrected chi connectivity index (χ4v) is 11.1. The lowest BCUT2D eigenvalue weighted by Crippen LogP contribution is -2.50. The Morgan fingerprint density at radius 2 is 1.78 bits per heavy atom. The summed E-state index contributed by atoms with van der Waals surface area (Å²) in [6.07, 6.45) is 9.89. The molecule has 9 nitrogen and oxygen atoms in total. The van der Waals surface area contributed by atoms with Crippen molar-refractivity contribution >= 4 is 32.7 Å². The fourth-order valence-electron chi connectivity index (χ4n) is 9.87. The average molecular weight is 700 g/mol. The number of amides is 1. The summed E-state index contributed by atoms with van der Waals surface area (Å²) in [7, 11) is -0.0143. The number of carbonyl (C=O) groups is 1. The Bertz CT molecular complexity index is 1940. The predicted octanol–water partition coefficient (Wildman–Crippen LogP) is 6.69. The van der Waals surface area contributed by atoms with Crippen LogP contribution in [-0.2, 0) is 21.5 Å². The Hall–Kier alpha value is -3.34. The zero-order chi connectivity index (χ0) is 34.9. The molecule has 1 amide bonds. The fraction of sp³-hybridized carbons (Fsp3) is 0.575. The summed E-state index contributed by atoms with van der Waals surface area (Å²) in [5.74, 6) is 1.66. The molecule has 2 saturated carbocycles. The second-order valence-corrected chi connectivity index (χ2v) is 17.4. The number of benzene rings is 2. The quantitative estimate of drug-likeness (QED) is 0.283. The number of piperazine rings is 1. The van der Waals surface area contributed by atoms with Gasteiger partial charge in [0.2, 0.25) is 5.91 Å². The van der Waals surface area contributed by atoms with Gasteiger partial charge in [0.15, 0.2) is 0 Å². The molecule has 0 spiro atoms. The lowest BCUT2D eigenvalue weighted by Gasteiger charge is -2.33. The number of methoxy groups -OCH3 is 1. The van der Waals surface area contributed by atoms with Crippen LogP contribution in [0.15, 0.2) is 43.0 Å². The second-order valence-electron chi connectivity index (χ2n) is 15.8. The molecule has 4 heterocycles. The first kappa shape index (κ1) is 33.8. The molecule has 2 saturated heterocycles. The minimum absolute atomic E-state index is 0.119. The van der Waals surface area contributed by atoms with Crippen LogP contribution in [0.5, 0.6) is 5.75 Å². The van der Waals surface area contributed by atoms with Crippen molar-refractivity contribution in [2.45, 2.75) is 102 Å². The molecule has 8 rings (SSSR count). The summed E-state index contributed by atoms with van der Waals surface area (Å²) in [6.45, 7) is 11.6. The zero-order valence-electron chi connectivity index (χ0n) is 30.2. The van der Waals surface area contributed by atoms with E-state index in [0.29, 0.717) is 50.2 Å². The van der Waals surface area contributed by atoms with Gasteiger partial charge in [-0.05, 0) is 93.8 Å². The predicted molar refractivity (Wildman–Crippen MR) is 199 cm³/mol. The van der Waals surface area contributed by atoms with Crippen LogP contribution in [0.3, 0.4) is 0 Å². The second kappa shape index (κ2) is 12.7. The van der Waals surface area contributed by atoms with Crippen LogP contribution >= 0.6 is 0 Å². The molecule has 4 unspecified atom stereocenters. The number of likely N-dealkylation sites (tertiary alicyclic amines) is 1. The third-order valence-corrected chi connectivity index (χ3v) is 14.4. The smallest absolute Gasteiger partial charge is 0.301 e. The highest BCUT2D eigenvalue weighted by atomic mass is 32.2. The normalized spacial score (nSPS) is 27.4. The summed E-state index contributed by atoms with van der Waals surface area (Å²) in [5, 5.41) is 1.20. The molecule has 3 aliphatic heterocycles. The molecule has 50 heavy (non-hydrogen) atoms. The highest BCUT2D eigenvalue weighted by Gasteiger charge is 2.65. The molecule has 4 fully saturated rings. The van der Waals surface area contributed by atoms with E-state index < -0.39 is 15.6 Å². The van der Waals surface area contributed by atoms with Gasteiger partial charge >= 0.3 is 10.2 Å². The van der Waals surface area contributed by atoms with Gasteiger partial charge in [0.25, 0.3) is 0 Å². The van der Waals surface area contributed by atoms with Crippen LogP contribution in [-0.4, -0.2) is 85.4 Å². The van der Waals surface area contributed by atoms with E-state index in [9.17, 15) is 8.42 Å². The standard InChI is InChI=1S/C40H53N5O4S/c1-6-30-14-12-26(2)45(30)39(46)40-24-35(40)34-23-31(49-5)15-17-32(34)38-37(28-10-8-7-9-11-28)33-16-13-29(22-36(33)44(38)25-40)27(3)41-50(47,48)43-20-18-42(4)19-21-43/h13,15-17,22-23,26,28,30,35,41H,3,6-12,14,18-21,24-25H2,1-2,4-5H3. The van der Waals surface area contributed by atoms with E-state index in [1.54, 1.807) is 7.11 Å². The maximum Gasteiger partial charge on any atom is 0.301 e. The minimum atomic E-state index is -3.75. The number of carbonyl (C=O) groups excluding carboxylic acids is 1. The molecule has 268 valence electrons. The maximum atomic E-state index is 15.0. The number of hydrogen-bond acceptors (Lipinski definition) is 5. The number of ether oxygens (including phenoxy) is 1. The number of likely N-dealkylation sites (N-methyl/N-ethyl adjacent to an activating group) is 1. The van der Waals surface area contributed by atoms with Crippen LogP contribution in [0, 0.1) is 5.41 Å². The SMILES string of the molecule is C=C(NS(=O)(=O)N1CCN(C)CC1)c1ccc2c(C3CCCCC3)c3n(c2c1)CC1(C(=O)N2C(C)CCC2CC)CC1c1cc(OC)ccc1-3. The number of hydrogen-bond donors (Lipinski definition) is 1. The van der Waals surface area contributed by atoms with Crippen molar-refractivity contribution in [1.29, 1.82) is 0 Å². The van der Waals surface area contributed by atoms with Gasteiger partial charge in [-0.1, -0.05) is 44.9 Å². The number of rotatable bonds is 8. The Morgan fingerprint density at radius 1 is 1.02 bits per heavy atom. The molecule has 2 aromatic carbocycles. The van der Waals surface area contributed by atoms with Crippen molar-refractivity contribution in [3.8, 4) is 17.0 Å². The largest absolute Gasteiger partial charge is 0.497 e. The molecular formula is C40H53N5O4S. The van der Waals surface area contributed by atoms with Gasteiger partial charge in [0.1, 0.15) is 5.75 Å². The van der Waals surface area contributed by atoms with E-state index in [-0.39, 0.29) is 18.0 Å². The number of nitrogens with one attached hydrogen (secondary N) is 1. The molecule has 3 aromatic rings. The van der Waals surface area contributed by atoms with Crippen molar-refractivity contribution < 1.29 is 17.9 Å². The summed E-state index contributed by atoms with van der Waals surface area (Å²) in [5.41, 5.74) is 6.67. The number of nitrogens with zero attached hydrogens (tertiary/aromatic N) is 4. The van der Waals surface area contributed by atoms with Gasteiger partial charge in [0, 0.05) is 78.5 Å². The monoisotopic (exact) mass is 699 g/mol. The molecule has 10 heteroatoms. The molecule has 0 bridgehead atoms. The topological polar surface area (TPSA) is 87.1 Å². The zero-order valence-corrected chi connectivity index (χ0v) is 31.0. The van der Waals surface area contributed by atoms with Gasteiger partial charge in [-0.2, -0.15) is 12.7 Å². The first-order valence-electron chi connectivity index (χ1n) is 18.9. The van der Waals surface area contributed by atoms with E-state index in [4.69, 9.17) is 4.74 Å². The van der Waals surface area contributed by atoms with Gasteiger partial charge in [0.05, 0.1) is 18.2 Å². The molecule has 1 aromatic heterocycles. The lowest BCUT2D eigenvalue weighted by atomic mass is 9.81. The summed E-state index contributed by atoms with van der Waals surface area (Å²) >= 11 is 0. The number of fused-ring (bicyclic) bond motifs is 7. The molecule has 2 aliphatic carbocycles. The highest BCUT2D eigenvalue weighted by Crippen LogP contribution is 2.66. The Morgan fingerprint density at radius 3 is 2.50 bits per heavy atom. The van der Waals surface area contributed by atoms with Crippen LogP contribution in [0.25, 0.3) is 27.9 Å². The molecule has 0 radical (unpaired) electrons. The molecule has 1 N–H and O–H groups in total. The molecular weight excluding hydrogens is 647 g/mol. The lowest BCUT2D eigenvalue weighted by molar-refractivity contribution is -0.140. The molecule has 4 atom stereocenters. The highest BCUT2D eigenvalue weighted by molar-refractivity contribution is 7.87. The first-order valence-corrected chi connectivity index (χ1v) is 20.3. The van der Waals surface area contributed by atoms with Crippen LogP contribution in [0.2, 0.25) is 0 Å². The first-order chi connectivity index (χ1) is 24.1. The van der Waals surface area contributed by atoms with Gasteiger partial charge in [-0.3, -0.25) is 9.52 Å². The van der Waals surface area contributed by atoms with E-state index >= 15 is 4.79 Å². The number of aromatic nitrogens is 1. The van der Waals surface area contributed by atoms with Gasteiger partial charge in [-0.15, -0.1) is 0 Å². The minimum Gasteiger partial charge on any atom is -0.497 e. The van der Waals surface area contributed by atoms with E-state index in [1.165, 1.54) is 51.3 Å². The average Bonchev–Trinajstić information content (AvgIpc) is 3.64. The molecule has 5 aliphatic rings. The van der Waals surface area contributed by atoms with Crippen molar-refractivity contribution in [3.05, 3.63) is 59.7 Å². The van der Waals surface area contributed by atoms with Crippen molar-refractivity contribution in [1.82, 2.24) is 23.4 Å². The Labute approximate surface area is 297 Å². The van der Waals surface area contributed by atoms with Gasteiger partial charge < -0.3 is 19.1 Å². The van der Waals surface area contributed by atoms with Crippen LogP contribution in [0.1, 0.15) is 100 Å². The van der Waals surface area contributed by atoms with Gasteiger partial charge in [-0.25, -0.2) is 0 Å². The van der Waals surface area contributed by atoms with Crippen LogP contribution < -0.4 is 9.46 Å². The summed E-state index contributed by atoms with van der Waals surface area (Å²) in [4.78, 5) is 19.4. The maximum absolute atomic E-state index is 15.0. The van der Waals surface area contributed by atoms with E-state index in [1.807, 2.05) is 13.1 Å². The Kier molecular flexibility index (Phi) is 8.59. The third-order valence-electron chi connectivity index (χ3n) is 12.8. The van der Waals surface area contributed by atoms with E-state index in [0.717, 1.165) is 55.4 Å². The van der Waals surface area contributed by atoms with Crippen molar-refractivity contribution in [3.63, 3.8) is 0 Å². The van der Waals surface area contributed by atoms with Crippen LogP contribution in [0.4, 0.5) is 0 Å². The van der Waals surface area contributed by atoms with Crippen molar-refractivity contribution in [2.24, 2.45) is 5.41 Å². The summed E-state index contributed by atoms with van der Waals surface area (Å²) < 4.78 is 39.5. The van der Waals surface area contributed by atoms with Crippen molar-refractivity contribution in [2.75, 3.05) is 40.3 Å². The van der Waals surface area contributed by atoms with E-state index in [2.05, 4.69) is 69.8 Å². The Balaban J connectivity index is 1.27. The third kappa shape index (κ3) is 5.48.